The minimum Gasteiger partial charge on any atom is -0.433 e. The van der Waals surface area contributed by atoms with Gasteiger partial charge in [-0.1, -0.05) is 13.3 Å². The summed E-state index contributed by atoms with van der Waals surface area (Å²) < 4.78 is 5.16. The average Bonchev–Trinajstić information content (AvgIpc) is 2.40. The minimum atomic E-state index is -1.20. The van der Waals surface area contributed by atoms with E-state index in [2.05, 4.69) is 4.90 Å². The summed E-state index contributed by atoms with van der Waals surface area (Å²) in [4.78, 5) is 13.8. The maximum Gasteiger partial charge on any atom is 0.308 e. The van der Waals surface area contributed by atoms with E-state index in [9.17, 15) is 9.90 Å². The molecule has 0 aromatic rings. The van der Waals surface area contributed by atoms with Gasteiger partial charge < -0.3 is 14.7 Å². The van der Waals surface area contributed by atoms with Crippen molar-refractivity contribution in [2.45, 2.75) is 70.1 Å². The highest BCUT2D eigenvalue weighted by atomic mass is 35.5. The Balaban J connectivity index is 0.00000180. The number of aliphatic hydroxyl groups is 1. The molecule has 1 N–H and O–H groups in total. The Labute approximate surface area is 121 Å². The Morgan fingerprint density at radius 1 is 1.26 bits per heavy atom. The van der Waals surface area contributed by atoms with E-state index in [1.165, 1.54) is 32.4 Å². The van der Waals surface area contributed by atoms with E-state index in [0.29, 0.717) is 25.3 Å². The number of rotatable bonds is 3. The van der Waals surface area contributed by atoms with E-state index >= 15 is 0 Å². The van der Waals surface area contributed by atoms with Crippen molar-refractivity contribution in [2.24, 2.45) is 0 Å². The van der Waals surface area contributed by atoms with E-state index in [1.807, 2.05) is 0 Å². The Hall–Kier alpha value is -0.320. The molecule has 0 unspecified atom stereocenters. The van der Waals surface area contributed by atoms with Gasteiger partial charge in [0.2, 0.25) is 5.79 Å². The van der Waals surface area contributed by atoms with E-state index in [-0.39, 0.29) is 18.4 Å². The lowest BCUT2D eigenvalue weighted by molar-refractivity contribution is -0.223. The Kier molecular flexibility index (Phi) is 6.57. The van der Waals surface area contributed by atoms with Gasteiger partial charge in [-0.25, -0.2) is 0 Å². The third-order valence-corrected chi connectivity index (χ3v) is 4.24. The topological polar surface area (TPSA) is 49.8 Å². The molecule has 1 aliphatic heterocycles. The van der Waals surface area contributed by atoms with Crippen molar-refractivity contribution in [1.82, 2.24) is 4.90 Å². The largest absolute Gasteiger partial charge is 0.433 e. The first kappa shape index (κ1) is 16.7. The first-order valence-corrected chi connectivity index (χ1v) is 7.31. The molecule has 1 aliphatic carbocycles. The van der Waals surface area contributed by atoms with E-state index in [0.717, 1.165) is 12.8 Å². The molecule has 1 saturated heterocycles. The van der Waals surface area contributed by atoms with Gasteiger partial charge in [0, 0.05) is 25.3 Å². The van der Waals surface area contributed by atoms with Gasteiger partial charge in [-0.3, -0.25) is 4.79 Å². The lowest BCUT2D eigenvalue weighted by atomic mass is 9.88. The third kappa shape index (κ3) is 4.62. The van der Waals surface area contributed by atoms with Crippen LogP contribution < -0.4 is 0 Å². The van der Waals surface area contributed by atoms with Crippen LogP contribution in [0.2, 0.25) is 0 Å². The van der Waals surface area contributed by atoms with Crippen molar-refractivity contribution in [1.29, 1.82) is 0 Å². The van der Waals surface area contributed by atoms with Gasteiger partial charge in [0.15, 0.2) is 0 Å². The molecule has 0 atom stereocenters. The predicted molar refractivity (Wildman–Crippen MR) is 76.3 cm³/mol. The zero-order chi connectivity index (χ0) is 13.0. The predicted octanol–water partition coefficient (Wildman–Crippen LogP) is 2.48. The summed E-state index contributed by atoms with van der Waals surface area (Å²) in [6, 6.07) is 0.575. The van der Waals surface area contributed by atoms with Gasteiger partial charge in [0.25, 0.3) is 0 Å². The fourth-order valence-corrected chi connectivity index (χ4v) is 3.09. The summed E-state index contributed by atoms with van der Waals surface area (Å²) in [5.41, 5.74) is 0. The van der Waals surface area contributed by atoms with Crippen molar-refractivity contribution < 1.29 is 14.6 Å². The fraction of sp³-hybridized carbons (Fsp3) is 0.929. The van der Waals surface area contributed by atoms with Crippen LogP contribution in [-0.4, -0.2) is 40.9 Å². The molecule has 2 fully saturated rings. The van der Waals surface area contributed by atoms with E-state index < -0.39 is 5.79 Å². The van der Waals surface area contributed by atoms with Crippen molar-refractivity contribution in [2.75, 3.05) is 13.1 Å². The van der Waals surface area contributed by atoms with Gasteiger partial charge >= 0.3 is 5.97 Å². The molecule has 0 radical (unpaired) electrons. The first-order valence-electron chi connectivity index (χ1n) is 7.31. The number of esters is 1. The summed E-state index contributed by atoms with van der Waals surface area (Å²) in [5.74, 6) is -1.49. The lowest BCUT2D eigenvalue weighted by Gasteiger charge is -2.41. The number of halogens is 1. The highest BCUT2D eigenvalue weighted by molar-refractivity contribution is 5.85. The quantitative estimate of drug-likeness (QED) is 0.641. The number of likely N-dealkylation sites (tertiary alicyclic amines) is 1. The molecule has 1 heterocycles. The van der Waals surface area contributed by atoms with Crippen molar-refractivity contribution >= 4 is 18.4 Å². The monoisotopic (exact) mass is 291 g/mol. The fourth-order valence-electron chi connectivity index (χ4n) is 3.09. The van der Waals surface area contributed by atoms with Crippen LogP contribution in [0.25, 0.3) is 0 Å². The summed E-state index contributed by atoms with van der Waals surface area (Å²) in [6.07, 6.45) is 7.32. The van der Waals surface area contributed by atoms with Crippen LogP contribution in [0.15, 0.2) is 0 Å². The van der Waals surface area contributed by atoms with Crippen molar-refractivity contribution in [3.8, 4) is 0 Å². The standard InChI is InChI=1S/C14H25NO3.ClH/c1-2-13(16)18-14(17)8-6-12(7-9-14)15-10-4-3-5-11-15;/h12,17H,2-11H2,1H3;1H. The smallest absolute Gasteiger partial charge is 0.308 e. The Morgan fingerprint density at radius 3 is 2.37 bits per heavy atom. The van der Waals surface area contributed by atoms with Gasteiger partial charge in [0.05, 0.1) is 0 Å². The molecule has 112 valence electrons. The van der Waals surface area contributed by atoms with Crippen LogP contribution in [0.4, 0.5) is 0 Å². The molecule has 4 nitrogen and oxygen atoms in total. The number of ether oxygens (including phenoxy) is 1. The van der Waals surface area contributed by atoms with E-state index in [4.69, 9.17) is 4.74 Å². The summed E-state index contributed by atoms with van der Waals surface area (Å²) >= 11 is 0. The normalized spacial score (nSPS) is 32.4. The van der Waals surface area contributed by atoms with Gasteiger partial charge in [-0.15, -0.1) is 12.4 Å². The maximum atomic E-state index is 11.3. The lowest BCUT2D eigenvalue weighted by Crippen LogP contribution is -2.47. The first-order chi connectivity index (χ1) is 8.63. The van der Waals surface area contributed by atoms with Crippen LogP contribution >= 0.6 is 12.4 Å². The number of carbonyl (C=O) groups is 1. The van der Waals surface area contributed by atoms with E-state index in [1.54, 1.807) is 6.92 Å². The van der Waals surface area contributed by atoms with Crippen LogP contribution in [0.3, 0.4) is 0 Å². The number of carbonyl (C=O) groups excluding carboxylic acids is 1. The Bertz CT molecular complexity index is 284. The summed E-state index contributed by atoms with van der Waals surface area (Å²) in [5, 5.41) is 10.2. The van der Waals surface area contributed by atoms with Crippen LogP contribution in [0, 0.1) is 0 Å². The number of nitrogens with zero attached hydrogens (tertiary/aromatic N) is 1. The summed E-state index contributed by atoms with van der Waals surface area (Å²) in [7, 11) is 0. The van der Waals surface area contributed by atoms with Crippen LogP contribution in [0.1, 0.15) is 58.3 Å². The maximum absolute atomic E-state index is 11.3. The molecule has 0 bridgehead atoms. The molecular formula is C14H26ClNO3. The van der Waals surface area contributed by atoms with Crippen molar-refractivity contribution in [3.63, 3.8) is 0 Å². The van der Waals surface area contributed by atoms with Crippen LogP contribution in [-0.2, 0) is 9.53 Å². The molecule has 2 aliphatic rings. The highest BCUT2D eigenvalue weighted by Crippen LogP contribution is 2.33. The van der Waals surface area contributed by atoms with Gasteiger partial charge in [-0.2, -0.15) is 0 Å². The molecule has 2 rings (SSSR count). The highest BCUT2D eigenvalue weighted by Gasteiger charge is 2.38. The molecule has 0 amide bonds. The number of hydrogen-bond donors (Lipinski definition) is 1. The SMILES string of the molecule is CCC(=O)OC1(O)CCC(N2CCCCC2)CC1.Cl. The second kappa shape index (κ2) is 7.46. The Morgan fingerprint density at radius 2 is 1.84 bits per heavy atom. The second-order valence-electron chi connectivity index (χ2n) is 5.60. The van der Waals surface area contributed by atoms with Gasteiger partial charge in [-0.05, 0) is 38.8 Å². The molecule has 0 aromatic heterocycles. The average molecular weight is 292 g/mol. The van der Waals surface area contributed by atoms with Crippen molar-refractivity contribution in [3.05, 3.63) is 0 Å². The second-order valence-corrected chi connectivity index (χ2v) is 5.60. The zero-order valence-corrected chi connectivity index (χ0v) is 12.6. The van der Waals surface area contributed by atoms with Gasteiger partial charge in [0.1, 0.15) is 0 Å². The third-order valence-electron chi connectivity index (χ3n) is 4.24. The van der Waals surface area contributed by atoms with Crippen LogP contribution in [0.5, 0.6) is 0 Å². The molecule has 0 aromatic carbocycles. The molecular weight excluding hydrogens is 266 g/mol. The number of hydrogen-bond acceptors (Lipinski definition) is 4. The molecule has 5 heteroatoms. The molecule has 1 saturated carbocycles. The molecule has 0 spiro atoms. The minimum absolute atomic E-state index is 0. The number of piperidine rings is 1. The zero-order valence-electron chi connectivity index (χ0n) is 11.8. The summed E-state index contributed by atoms with van der Waals surface area (Å²) in [6.45, 7) is 4.14. The molecule has 19 heavy (non-hydrogen) atoms.